The molecule has 0 spiro atoms. The standard InChI is InChI=1S/C12H16N4O2/c1-12(17,8-11-13-15-16(2)14-11)9-5-4-6-10(7-9)18-3/h4-7,17H,8H2,1-3H3. The van der Waals surface area contributed by atoms with Crippen molar-refractivity contribution in [2.24, 2.45) is 7.05 Å². The van der Waals surface area contributed by atoms with Crippen molar-refractivity contribution in [3.63, 3.8) is 0 Å². The van der Waals surface area contributed by atoms with Crippen LogP contribution in [0.3, 0.4) is 0 Å². The van der Waals surface area contributed by atoms with Crippen LogP contribution in [0, 0.1) is 0 Å². The van der Waals surface area contributed by atoms with Gasteiger partial charge in [-0.15, -0.1) is 10.2 Å². The Labute approximate surface area is 105 Å². The maximum Gasteiger partial charge on any atom is 0.178 e. The van der Waals surface area contributed by atoms with Gasteiger partial charge in [-0.25, -0.2) is 0 Å². The van der Waals surface area contributed by atoms with Crippen molar-refractivity contribution >= 4 is 0 Å². The molecular weight excluding hydrogens is 232 g/mol. The molecule has 0 aliphatic rings. The second kappa shape index (κ2) is 4.73. The molecule has 1 N–H and O–H groups in total. The molecule has 0 saturated heterocycles. The Balaban J connectivity index is 2.23. The zero-order chi connectivity index (χ0) is 13.2. The van der Waals surface area contributed by atoms with Crippen molar-refractivity contribution in [1.82, 2.24) is 20.2 Å². The van der Waals surface area contributed by atoms with Gasteiger partial charge in [-0.1, -0.05) is 12.1 Å². The third-order valence-electron chi connectivity index (χ3n) is 2.74. The van der Waals surface area contributed by atoms with Gasteiger partial charge in [0.1, 0.15) is 5.75 Å². The number of ether oxygens (including phenoxy) is 1. The third-order valence-corrected chi connectivity index (χ3v) is 2.74. The number of aromatic nitrogens is 4. The molecule has 1 aromatic heterocycles. The van der Waals surface area contributed by atoms with E-state index in [4.69, 9.17) is 4.74 Å². The number of tetrazole rings is 1. The number of nitrogens with zero attached hydrogens (tertiary/aromatic N) is 4. The predicted octanol–water partition coefficient (Wildman–Crippen LogP) is 0.669. The summed E-state index contributed by atoms with van der Waals surface area (Å²) in [6, 6.07) is 7.32. The van der Waals surface area contributed by atoms with E-state index in [1.54, 1.807) is 27.1 Å². The van der Waals surface area contributed by atoms with E-state index in [2.05, 4.69) is 15.4 Å². The second-order valence-electron chi connectivity index (χ2n) is 4.38. The van der Waals surface area contributed by atoms with Gasteiger partial charge in [-0.2, -0.15) is 4.80 Å². The minimum absolute atomic E-state index is 0.300. The van der Waals surface area contributed by atoms with Crippen molar-refractivity contribution in [3.8, 4) is 5.75 Å². The van der Waals surface area contributed by atoms with Gasteiger partial charge >= 0.3 is 0 Å². The van der Waals surface area contributed by atoms with Crippen molar-refractivity contribution < 1.29 is 9.84 Å². The van der Waals surface area contributed by atoms with Gasteiger partial charge in [0.2, 0.25) is 0 Å². The molecule has 96 valence electrons. The van der Waals surface area contributed by atoms with E-state index < -0.39 is 5.60 Å². The zero-order valence-corrected chi connectivity index (χ0v) is 10.7. The zero-order valence-electron chi connectivity index (χ0n) is 10.7. The van der Waals surface area contributed by atoms with Gasteiger partial charge in [-0.05, 0) is 29.8 Å². The average molecular weight is 248 g/mol. The number of rotatable bonds is 4. The summed E-state index contributed by atoms with van der Waals surface area (Å²) in [6.45, 7) is 1.72. The number of methoxy groups -OCH3 is 1. The lowest BCUT2D eigenvalue weighted by molar-refractivity contribution is 0.0551. The molecule has 1 atom stereocenters. The van der Waals surface area contributed by atoms with Crippen molar-refractivity contribution in [1.29, 1.82) is 0 Å². The van der Waals surface area contributed by atoms with Gasteiger partial charge in [0, 0.05) is 6.42 Å². The summed E-state index contributed by atoms with van der Waals surface area (Å²) >= 11 is 0. The van der Waals surface area contributed by atoms with Crippen LogP contribution in [-0.2, 0) is 19.1 Å². The van der Waals surface area contributed by atoms with Crippen LogP contribution >= 0.6 is 0 Å². The maximum absolute atomic E-state index is 10.5. The molecule has 1 unspecified atom stereocenters. The molecule has 0 aliphatic heterocycles. The van der Waals surface area contributed by atoms with E-state index in [0.29, 0.717) is 18.0 Å². The van der Waals surface area contributed by atoms with Crippen LogP contribution in [0.4, 0.5) is 0 Å². The van der Waals surface area contributed by atoms with Gasteiger partial charge < -0.3 is 9.84 Å². The van der Waals surface area contributed by atoms with Crippen LogP contribution < -0.4 is 4.74 Å². The van der Waals surface area contributed by atoms with Crippen LogP contribution in [0.15, 0.2) is 24.3 Å². The Hall–Kier alpha value is -1.95. The first-order chi connectivity index (χ1) is 8.51. The molecule has 0 aliphatic carbocycles. The van der Waals surface area contributed by atoms with Crippen LogP contribution in [0.2, 0.25) is 0 Å². The lowest BCUT2D eigenvalue weighted by Crippen LogP contribution is -2.25. The summed E-state index contributed by atoms with van der Waals surface area (Å²) in [6.07, 6.45) is 0.300. The van der Waals surface area contributed by atoms with Crippen molar-refractivity contribution in [2.75, 3.05) is 7.11 Å². The first-order valence-corrected chi connectivity index (χ1v) is 5.61. The maximum atomic E-state index is 10.5. The highest BCUT2D eigenvalue weighted by atomic mass is 16.5. The molecule has 0 bridgehead atoms. The Bertz CT molecular complexity index is 536. The van der Waals surface area contributed by atoms with E-state index >= 15 is 0 Å². The molecule has 18 heavy (non-hydrogen) atoms. The van der Waals surface area contributed by atoms with Gasteiger partial charge in [0.15, 0.2) is 5.82 Å². The molecule has 6 heteroatoms. The minimum atomic E-state index is -1.06. The number of benzene rings is 1. The highest BCUT2D eigenvalue weighted by Gasteiger charge is 2.26. The SMILES string of the molecule is COc1cccc(C(C)(O)Cc2nnn(C)n2)c1. The van der Waals surface area contributed by atoms with Crippen LogP contribution in [0.1, 0.15) is 18.3 Å². The van der Waals surface area contributed by atoms with Crippen LogP contribution in [0.5, 0.6) is 5.75 Å². The fourth-order valence-electron chi connectivity index (χ4n) is 1.76. The summed E-state index contributed by atoms with van der Waals surface area (Å²) in [4.78, 5) is 1.37. The highest BCUT2D eigenvalue weighted by molar-refractivity contribution is 5.32. The third kappa shape index (κ3) is 2.65. The Morgan fingerprint density at radius 1 is 1.44 bits per heavy atom. The summed E-state index contributed by atoms with van der Waals surface area (Å²) in [5.41, 5.74) is -0.299. The van der Waals surface area contributed by atoms with Crippen molar-refractivity contribution in [2.45, 2.75) is 18.9 Å². The highest BCUT2D eigenvalue weighted by Crippen LogP contribution is 2.26. The average Bonchev–Trinajstić information content (AvgIpc) is 2.74. The van der Waals surface area contributed by atoms with Crippen LogP contribution in [-0.4, -0.2) is 32.4 Å². The fourth-order valence-corrected chi connectivity index (χ4v) is 1.76. The van der Waals surface area contributed by atoms with Gasteiger partial charge in [0.05, 0.1) is 19.8 Å². The van der Waals surface area contributed by atoms with Gasteiger partial charge in [0.25, 0.3) is 0 Å². The lowest BCUT2D eigenvalue weighted by Gasteiger charge is -2.22. The topological polar surface area (TPSA) is 73.1 Å². The van der Waals surface area contributed by atoms with E-state index in [-0.39, 0.29) is 0 Å². The molecule has 2 aromatic rings. The molecule has 0 amide bonds. The molecule has 0 saturated carbocycles. The number of aliphatic hydroxyl groups is 1. The van der Waals surface area contributed by atoms with Crippen molar-refractivity contribution in [3.05, 3.63) is 35.7 Å². The quantitative estimate of drug-likeness (QED) is 0.860. The molecule has 6 nitrogen and oxygen atoms in total. The monoisotopic (exact) mass is 248 g/mol. The lowest BCUT2D eigenvalue weighted by atomic mass is 9.92. The normalized spacial score (nSPS) is 14.2. The largest absolute Gasteiger partial charge is 0.497 e. The number of hydrogen-bond acceptors (Lipinski definition) is 5. The first kappa shape index (κ1) is 12.5. The Morgan fingerprint density at radius 2 is 2.22 bits per heavy atom. The van der Waals surface area contributed by atoms with Gasteiger partial charge in [-0.3, -0.25) is 0 Å². The molecule has 0 radical (unpaired) electrons. The fraction of sp³-hybridized carbons (Fsp3) is 0.417. The second-order valence-corrected chi connectivity index (χ2v) is 4.38. The van der Waals surface area contributed by atoms with Crippen LogP contribution in [0.25, 0.3) is 0 Å². The van der Waals surface area contributed by atoms with E-state index in [9.17, 15) is 5.11 Å². The van der Waals surface area contributed by atoms with E-state index in [0.717, 1.165) is 5.56 Å². The Morgan fingerprint density at radius 3 is 2.83 bits per heavy atom. The first-order valence-electron chi connectivity index (χ1n) is 5.61. The molecular formula is C12H16N4O2. The molecule has 0 fully saturated rings. The van der Waals surface area contributed by atoms with E-state index in [1.165, 1.54) is 4.80 Å². The summed E-state index contributed by atoms with van der Waals surface area (Å²) in [7, 11) is 3.29. The number of hydrogen-bond donors (Lipinski definition) is 1. The molecule has 1 heterocycles. The predicted molar refractivity (Wildman–Crippen MR) is 65.1 cm³/mol. The Kier molecular flexibility index (Phi) is 3.29. The minimum Gasteiger partial charge on any atom is -0.497 e. The summed E-state index contributed by atoms with van der Waals surface area (Å²) in [5.74, 6) is 1.21. The molecule has 1 aromatic carbocycles. The summed E-state index contributed by atoms with van der Waals surface area (Å²) in [5, 5.41) is 22.2. The number of aryl methyl sites for hydroxylation is 1. The molecule has 2 rings (SSSR count). The summed E-state index contributed by atoms with van der Waals surface area (Å²) < 4.78 is 5.15. The van der Waals surface area contributed by atoms with E-state index in [1.807, 2.05) is 18.2 Å². The smallest absolute Gasteiger partial charge is 0.178 e.